The summed E-state index contributed by atoms with van der Waals surface area (Å²) in [6.07, 6.45) is -0.801. The van der Waals surface area contributed by atoms with E-state index in [2.05, 4.69) is 143 Å². The Morgan fingerprint density at radius 3 is 1.05 bits per heavy atom. The van der Waals surface area contributed by atoms with E-state index in [0.717, 1.165) is 13.1 Å². The van der Waals surface area contributed by atoms with Crippen LogP contribution in [0.2, 0.25) is 0 Å². The van der Waals surface area contributed by atoms with Gasteiger partial charge < -0.3 is 10.1 Å². The third-order valence-corrected chi connectivity index (χ3v) is 11.3. The molecule has 0 heterocycles. The summed E-state index contributed by atoms with van der Waals surface area (Å²) in [7, 11) is 3.09. The van der Waals surface area contributed by atoms with Crippen molar-refractivity contribution in [3.05, 3.63) is 121 Å². The van der Waals surface area contributed by atoms with Gasteiger partial charge in [0.2, 0.25) is 0 Å². The van der Waals surface area contributed by atoms with E-state index in [4.69, 9.17) is 9.59 Å². The van der Waals surface area contributed by atoms with Gasteiger partial charge in [-0.05, 0) is 48.5 Å². The van der Waals surface area contributed by atoms with E-state index < -0.39 is 28.6 Å². The standard InChI is InChI=1S/C28H29NP2.C2H2F2O.CHO.ClH.Ru.H/c1-5-13-25(14-6-1)30(26-15-7-2-8-16-26)23-21-29-22-24-31(27-17-9-3-10-18-27)28-19-11-4-12-20-28;3-2(4)1-5;1-2;;;/h1-20,29H,21-24H2;1-2H;1H;1H;;/q;;-1;;+3;/p+1. The fraction of sp³-hybridized carbons (Fsp3) is 0.161. The molecule has 0 atom stereocenters. The molecular weight excluding hydrogens is 655 g/mol. The number of aldehydes is 1. The third kappa shape index (κ3) is 13.9. The third-order valence-electron chi connectivity index (χ3n) is 5.70. The van der Waals surface area contributed by atoms with Gasteiger partial charge in [0, 0.05) is 13.1 Å². The number of halogens is 3. The molecule has 9 heteroatoms. The average Bonchev–Trinajstić information content (AvgIpc) is 3.04. The van der Waals surface area contributed by atoms with E-state index in [0.29, 0.717) is 0 Å². The molecule has 0 unspecified atom stereocenters. The van der Waals surface area contributed by atoms with Crippen molar-refractivity contribution >= 4 is 59.8 Å². The maximum atomic E-state index is 10.4. The summed E-state index contributed by atoms with van der Waals surface area (Å²) >= 11 is 1.62. The zero-order valence-corrected chi connectivity index (χ0v) is 26.5. The first-order valence-electron chi connectivity index (χ1n) is 12.4. The van der Waals surface area contributed by atoms with Crippen molar-refractivity contribution in [1.29, 1.82) is 0 Å². The smallest absolute Gasteiger partial charge is 0.0967 e. The quantitative estimate of drug-likeness (QED) is 0.0802. The topological polar surface area (TPSA) is 46.2 Å². The number of carbonyl (C=O) groups is 1. The van der Waals surface area contributed by atoms with Crippen LogP contribution in [0.5, 0.6) is 0 Å². The van der Waals surface area contributed by atoms with Crippen molar-refractivity contribution < 1.29 is 35.7 Å². The van der Waals surface area contributed by atoms with E-state index in [9.17, 15) is 8.78 Å². The Hall–Kier alpha value is -2.19. The zero-order chi connectivity index (χ0) is 29.4. The minimum atomic E-state index is -2.80. The van der Waals surface area contributed by atoms with Crippen molar-refractivity contribution in [3.63, 3.8) is 0 Å². The second-order valence-corrected chi connectivity index (χ2v) is 13.4. The molecule has 0 saturated carbocycles. The van der Waals surface area contributed by atoms with Crippen molar-refractivity contribution in [2.24, 2.45) is 0 Å². The molecule has 212 valence electrons. The molecule has 0 saturated heterocycles. The molecule has 0 aromatic heterocycles. The Morgan fingerprint density at radius 2 is 0.850 bits per heavy atom. The van der Waals surface area contributed by atoms with Crippen LogP contribution in [0.3, 0.4) is 0 Å². The van der Waals surface area contributed by atoms with Gasteiger partial charge in [0.05, 0.1) is 49.4 Å². The van der Waals surface area contributed by atoms with E-state index >= 15 is 0 Å². The molecule has 0 aliphatic heterocycles. The minimum Gasteiger partial charge on any atom is -0.310 e. The number of benzene rings is 4. The van der Waals surface area contributed by atoms with Crippen molar-refractivity contribution in [2.75, 3.05) is 25.4 Å². The largest absolute Gasteiger partial charge is 0.310 e. The first-order chi connectivity index (χ1) is 19.7. The van der Waals surface area contributed by atoms with Crippen molar-refractivity contribution in [3.8, 4) is 0 Å². The number of alkyl halides is 2. The monoisotopic (exact) mass is 690 g/mol. The van der Waals surface area contributed by atoms with Gasteiger partial charge in [0.25, 0.3) is 6.43 Å². The van der Waals surface area contributed by atoms with Crippen LogP contribution >= 0.6 is 25.5 Å². The van der Waals surface area contributed by atoms with E-state index in [1.807, 2.05) is 0 Å². The fourth-order valence-corrected chi connectivity index (χ4v) is 9.07. The normalized spacial score (nSPS) is 9.97. The Labute approximate surface area is 253 Å². The SMILES string of the molecule is O=CC(F)F.[CH-]=O.[Cl][RuH+2].c1ccc([PH+](CCNCC[PH+](c2ccccc2)c2ccccc2)c2ccccc2)cc1. The molecule has 0 aliphatic carbocycles. The van der Waals surface area contributed by atoms with E-state index in [1.165, 1.54) is 33.5 Å². The van der Waals surface area contributed by atoms with Gasteiger partial charge in [-0.25, -0.2) is 8.78 Å². The van der Waals surface area contributed by atoms with Gasteiger partial charge in [0.15, 0.2) is 6.29 Å². The van der Waals surface area contributed by atoms with Crippen LogP contribution in [0.15, 0.2) is 121 Å². The Kier molecular flexibility index (Phi) is 21.1. The van der Waals surface area contributed by atoms with Gasteiger partial charge >= 0.3 is 27.0 Å². The fourth-order valence-electron chi connectivity index (χ4n) is 4.02. The van der Waals surface area contributed by atoms with Gasteiger partial charge in [0.1, 0.15) is 0 Å². The maximum absolute atomic E-state index is 10.4. The van der Waals surface area contributed by atoms with Gasteiger partial charge in [-0.2, -0.15) is 0 Å². The molecule has 0 aliphatic rings. The van der Waals surface area contributed by atoms with Crippen LogP contribution < -0.4 is 26.5 Å². The number of hydrogen-bond donors (Lipinski definition) is 1. The molecule has 4 rings (SSSR count). The second-order valence-electron chi connectivity index (χ2n) is 8.14. The van der Waals surface area contributed by atoms with E-state index in [1.54, 1.807) is 17.3 Å². The summed E-state index contributed by atoms with van der Waals surface area (Å²) in [6.45, 7) is 5.38. The van der Waals surface area contributed by atoms with Crippen molar-refractivity contribution in [1.82, 2.24) is 5.32 Å². The molecule has 0 amide bonds. The van der Waals surface area contributed by atoms with E-state index in [-0.39, 0.29) is 0 Å². The maximum Gasteiger partial charge on any atom is 0.0967 e. The van der Waals surface area contributed by atoms with Gasteiger partial charge in [-0.3, -0.25) is 11.6 Å². The number of rotatable bonds is 11. The van der Waals surface area contributed by atoms with Crippen LogP contribution in [-0.2, 0) is 26.9 Å². The summed E-state index contributed by atoms with van der Waals surface area (Å²) in [4.78, 5) is 16.5. The second kappa shape index (κ2) is 23.5. The Balaban J connectivity index is 0.000000789. The predicted octanol–water partition coefficient (Wildman–Crippen LogP) is 4.90. The summed E-state index contributed by atoms with van der Waals surface area (Å²) in [5.74, 6) is 0. The number of nitrogens with one attached hydrogen (secondary N) is 1. The van der Waals surface area contributed by atoms with Crippen LogP contribution in [0.25, 0.3) is 0 Å². The van der Waals surface area contributed by atoms with Gasteiger partial charge in [-0.1, -0.05) is 72.8 Å². The van der Waals surface area contributed by atoms with Gasteiger partial charge in [-0.15, -0.1) is 0 Å². The van der Waals surface area contributed by atoms with Crippen molar-refractivity contribution in [2.45, 2.75) is 6.43 Å². The van der Waals surface area contributed by atoms with Crippen LogP contribution in [-0.4, -0.2) is 44.9 Å². The summed E-state index contributed by atoms with van der Waals surface area (Å²) in [6, 6.07) is 44.2. The first kappa shape index (κ1) is 35.8. The number of carbonyl (C=O) groups excluding carboxylic acids is 2. The minimum absolute atomic E-state index is 0.417. The van der Waals surface area contributed by atoms with Crippen LogP contribution in [0.4, 0.5) is 8.78 Å². The Bertz CT molecular complexity index is 987. The molecular formula is C31H35ClF2NO2P2Ru+3. The summed E-state index contributed by atoms with van der Waals surface area (Å²) in [5.41, 5.74) is 0. The molecule has 40 heavy (non-hydrogen) atoms. The Morgan fingerprint density at radius 1 is 0.625 bits per heavy atom. The first-order valence-corrected chi connectivity index (χ1v) is 18.2. The average molecular weight is 690 g/mol. The number of hydrogen-bond acceptors (Lipinski definition) is 3. The summed E-state index contributed by atoms with van der Waals surface area (Å²) in [5, 5.41) is 9.77. The zero-order valence-electron chi connectivity index (χ0n) is 21.9. The van der Waals surface area contributed by atoms with Crippen LogP contribution in [0, 0.1) is 0 Å². The molecule has 4 aromatic rings. The molecule has 0 fully saturated rings. The predicted molar refractivity (Wildman–Crippen MR) is 170 cm³/mol. The summed E-state index contributed by atoms with van der Waals surface area (Å²) < 4.78 is 20.8. The molecule has 0 radical (unpaired) electrons. The molecule has 3 nitrogen and oxygen atoms in total. The van der Waals surface area contributed by atoms with Crippen LogP contribution in [0.1, 0.15) is 0 Å². The molecule has 1 N–H and O–H groups in total. The molecule has 0 spiro atoms. The molecule has 4 aromatic carbocycles. The molecule has 0 bridgehead atoms.